The van der Waals surface area contributed by atoms with Crippen LogP contribution in [0.3, 0.4) is 0 Å². The van der Waals surface area contributed by atoms with Gasteiger partial charge in [-0.05, 0) is 51.2 Å². The van der Waals surface area contributed by atoms with Crippen LogP contribution in [0.2, 0.25) is 0 Å². The fraction of sp³-hybridized carbons (Fsp3) is 0.938. The van der Waals surface area contributed by atoms with Crippen molar-refractivity contribution in [1.29, 1.82) is 0 Å². The first kappa shape index (κ1) is 18.2. The molecule has 0 saturated heterocycles. The van der Waals surface area contributed by atoms with E-state index in [1.54, 1.807) is 0 Å². The van der Waals surface area contributed by atoms with Crippen molar-refractivity contribution < 1.29 is 4.74 Å². The molecule has 0 aromatic rings. The fourth-order valence-corrected chi connectivity index (χ4v) is 2.19. The van der Waals surface area contributed by atoms with Gasteiger partial charge in [-0.15, -0.1) is 0 Å². The second-order valence-electron chi connectivity index (χ2n) is 5.68. The summed E-state index contributed by atoms with van der Waals surface area (Å²) in [5.41, 5.74) is 0. The second kappa shape index (κ2) is 11.8. The Labute approximate surface area is 130 Å². The van der Waals surface area contributed by atoms with Gasteiger partial charge >= 0.3 is 0 Å². The van der Waals surface area contributed by atoms with Crippen molar-refractivity contribution in [3.05, 3.63) is 0 Å². The summed E-state index contributed by atoms with van der Waals surface area (Å²) in [6.45, 7) is 11.5. The summed E-state index contributed by atoms with van der Waals surface area (Å²) in [5.74, 6) is 1.76. The number of aliphatic imine (C=N–C) groups is 1. The number of ether oxygens (including phenoxy) is 1. The van der Waals surface area contributed by atoms with Crippen LogP contribution in [-0.2, 0) is 4.74 Å². The first-order chi connectivity index (χ1) is 10.3. The zero-order valence-electron chi connectivity index (χ0n) is 14.2. The van der Waals surface area contributed by atoms with Crippen molar-refractivity contribution in [2.45, 2.75) is 39.5 Å². The minimum absolute atomic E-state index is 0.850. The molecule has 0 aliphatic heterocycles. The molecule has 1 aliphatic carbocycles. The highest BCUT2D eigenvalue weighted by molar-refractivity contribution is 5.79. The summed E-state index contributed by atoms with van der Waals surface area (Å²) in [5, 5.41) is 6.70. The van der Waals surface area contributed by atoms with E-state index < -0.39 is 0 Å². The Morgan fingerprint density at radius 3 is 2.38 bits per heavy atom. The van der Waals surface area contributed by atoms with E-state index in [4.69, 9.17) is 4.74 Å². The molecule has 0 radical (unpaired) electrons. The van der Waals surface area contributed by atoms with Gasteiger partial charge in [0.15, 0.2) is 5.96 Å². The van der Waals surface area contributed by atoms with Crippen LogP contribution in [0.25, 0.3) is 0 Å². The van der Waals surface area contributed by atoms with E-state index in [-0.39, 0.29) is 0 Å². The first-order valence-corrected chi connectivity index (χ1v) is 8.54. The summed E-state index contributed by atoms with van der Waals surface area (Å²) >= 11 is 0. The fourth-order valence-electron chi connectivity index (χ4n) is 2.19. The molecule has 0 spiro atoms. The molecule has 1 fully saturated rings. The van der Waals surface area contributed by atoms with Crippen LogP contribution in [0.1, 0.15) is 39.5 Å². The molecule has 5 heteroatoms. The number of hydrogen-bond acceptors (Lipinski definition) is 3. The predicted molar refractivity (Wildman–Crippen MR) is 89.9 cm³/mol. The molecule has 2 N–H and O–H groups in total. The van der Waals surface area contributed by atoms with Gasteiger partial charge in [0.2, 0.25) is 0 Å². The molecule has 0 bridgehead atoms. The third-order valence-corrected chi connectivity index (χ3v) is 3.87. The highest BCUT2D eigenvalue weighted by Gasteiger charge is 2.20. The van der Waals surface area contributed by atoms with Crippen molar-refractivity contribution in [3.63, 3.8) is 0 Å². The quantitative estimate of drug-likeness (QED) is 0.327. The summed E-state index contributed by atoms with van der Waals surface area (Å²) in [6, 6.07) is 0. The van der Waals surface area contributed by atoms with Crippen molar-refractivity contribution >= 4 is 5.96 Å². The van der Waals surface area contributed by atoms with Gasteiger partial charge in [0.25, 0.3) is 0 Å². The number of guanidine groups is 1. The highest BCUT2D eigenvalue weighted by atomic mass is 16.5. The van der Waals surface area contributed by atoms with Gasteiger partial charge in [-0.2, -0.15) is 0 Å². The van der Waals surface area contributed by atoms with Crippen LogP contribution < -0.4 is 10.6 Å². The Bertz CT molecular complexity index is 275. The standard InChI is InChI=1S/C16H34N4O/c1-4-20(5-2)12-6-10-18-16(17-3)19-11-7-13-21-14-15-8-9-15/h15H,4-14H2,1-3H3,(H2,17,18,19). The van der Waals surface area contributed by atoms with Gasteiger partial charge < -0.3 is 20.3 Å². The zero-order chi connectivity index (χ0) is 15.3. The molecule has 1 rings (SSSR count). The van der Waals surface area contributed by atoms with Gasteiger partial charge in [-0.25, -0.2) is 0 Å². The summed E-state index contributed by atoms with van der Waals surface area (Å²) in [4.78, 5) is 6.68. The summed E-state index contributed by atoms with van der Waals surface area (Å²) in [7, 11) is 1.82. The van der Waals surface area contributed by atoms with E-state index in [1.165, 1.54) is 12.8 Å². The molecular weight excluding hydrogens is 264 g/mol. The topological polar surface area (TPSA) is 48.9 Å². The Hall–Kier alpha value is -0.810. The molecule has 1 saturated carbocycles. The minimum atomic E-state index is 0.850. The third-order valence-electron chi connectivity index (χ3n) is 3.87. The number of hydrogen-bond donors (Lipinski definition) is 2. The Balaban J connectivity index is 1.92. The van der Waals surface area contributed by atoms with Crippen molar-refractivity contribution in [1.82, 2.24) is 15.5 Å². The number of rotatable bonds is 12. The smallest absolute Gasteiger partial charge is 0.190 e. The lowest BCUT2D eigenvalue weighted by Gasteiger charge is -2.18. The molecule has 0 aromatic carbocycles. The molecule has 0 heterocycles. The van der Waals surface area contributed by atoms with Gasteiger partial charge in [0.1, 0.15) is 0 Å². The highest BCUT2D eigenvalue weighted by Crippen LogP contribution is 2.28. The van der Waals surface area contributed by atoms with Crippen LogP contribution in [0.15, 0.2) is 4.99 Å². The molecule has 5 nitrogen and oxygen atoms in total. The number of nitrogens with one attached hydrogen (secondary N) is 2. The molecule has 1 aliphatic rings. The lowest BCUT2D eigenvalue weighted by atomic mass is 10.3. The Kier molecular flexibility index (Phi) is 10.3. The molecule has 124 valence electrons. The van der Waals surface area contributed by atoms with E-state index in [0.29, 0.717) is 0 Å². The maximum absolute atomic E-state index is 5.62. The minimum Gasteiger partial charge on any atom is -0.381 e. The van der Waals surface area contributed by atoms with Gasteiger partial charge in [-0.1, -0.05) is 13.8 Å². The van der Waals surface area contributed by atoms with Crippen LogP contribution in [-0.4, -0.2) is 63.8 Å². The molecular formula is C16H34N4O. The SMILES string of the molecule is CCN(CC)CCCNC(=NC)NCCCOCC1CC1. The van der Waals surface area contributed by atoms with E-state index in [2.05, 4.69) is 34.4 Å². The van der Waals surface area contributed by atoms with E-state index in [9.17, 15) is 0 Å². The number of nitrogens with zero attached hydrogens (tertiary/aromatic N) is 2. The van der Waals surface area contributed by atoms with Crippen LogP contribution in [0.4, 0.5) is 0 Å². The van der Waals surface area contributed by atoms with E-state index in [1.807, 2.05) is 7.05 Å². The van der Waals surface area contributed by atoms with E-state index in [0.717, 1.165) is 70.7 Å². The summed E-state index contributed by atoms with van der Waals surface area (Å²) in [6.07, 6.45) is 4.91. The predicted octanol–water partition coefficient (Wildman–Crippen LogP) is 1.70. The van der Waals surface area contributed by atoms with Gasteiger partial charge in [0, 0.05) is 33.4 Å². The summed E-state index contributed by atoms with van der Waals surface area (Å²) < 4.78 is 5.62. The first-order valence-electron chi connectivity index (χ1n) is 8.54. The molecule has 0 aromatic heterocycles. The molecule has 0 unspecified atom stereocenters. The van der Waals surface area contributed by atoms with Gasteiger partial charge in [-0.3, -0.25) is 4.99 Å². The lowest BCUT2D eigenvalue weighted by Crippen LogP contribution is -2.39. The van der Waals surface area contributed by atoms with E-state index >= 15 is 0 Å². The lowest BCUT2D eigenvalue weighted by molar-refractivity contribution is 0.123. The maximum Gasteiger partial charge on any atom is 0.190 e. The molecule has 0 atom stereocenters. The van der Waals surface area contributed by atoms with Crippen molar-refractivity contribution in [2.24, 2.45) is 10.9 Å². The molecule has 21 heavy (non-hydrogen) atoms. The normalized spacial score (nSPS) is 15.5. The monoisotopic (exact) mass is 298 g/mol. The second-order valence-corrected chi connectivity index (χ2v) is 5.68. The third kappa shape index (κ3) is 9.69. The van der Waals surface area contributed by atoms with Gasteiger partial charge in [0.05, 0.1) is 0 Å². The Morgan fingerprint density at radius 1 is 1.14 bits per heavy atom. The maximum atomic E-state index is 5.62. The average Bonchev–Trinajstić information content (AvgIpc) is 3.32. The van der Waals surface area contributed by atoms with Crippen molar-refractivity contribution in [3.8, 4) is 0 Å². The van der Waals surface area contributed by atoms with Crippen LogP contribution in [0.5, 0.6) is 0 Å². The zero-order valence-corrected chi connectivity index (χ0v) is 14.2. The largest absolute Gasteiger partial charge is 0.381 e. The Morgan fingerprint density at radius 2 is 1.81 bits per heavy atom. The average molecular weight is 298 g/mol. The van der Waals surface area contributed by atoms with Crippen LogP contribution >= 0.6 is 0 Å². The van der Waals surface area contributed by atoms with Crippen molar-refractivity contribution in [2.75, 3.05) is 53.0 Å². The molecule has 0 amide bonds. The van der Waals surface area contributed by atoms with Crippen LogP contribution in [0, 0.1) is 5.92 Å².